The number of aromatic nitrogens is 1. The molecule has 3 aromatic rings. The quantitative estimate of drug-likeness (QED) is 0.668. The molecule has 0 saturated heterocycles. The molecule has 0 aliphatic carbocycles. The molecule has 128 valence electrons. The number of nitrogens with one attached hydrogen (secondary N) is 1. The third-order valence-electron chi connectivity index (χ3n) is 3.44. The van der Waals surface area contributed by atoms with Crippen LogP contribution in [0.15, 0.2) is 48.5 Å². The Morgan fingerprint density at radius 3 is 2.84 bits per heavy atom. The second-order valence-corrected chi connectivity index (χ2v) is 6.18. The maximum absolute atomic E-state index is 12.1. The van der Waals surface area contributed by atoms with Crippen molar-refractivity contribution in [1.29, 1.82) is 0 Å². The number of rotatable bonds is 6. The summed E-state index contributed by atoms with van der Waals surface area (Å²) in [5, 5.41) is 3.37. The minimum absolute atomic E-state index is 0.230. The minimum atomic E-state index is -0.230. The molecule has 0 bridgehead atoms. The van der Waals surface area contributed by atoms with Gasteiger partial charge in [-0.1, -0.05) is 29.5 Å². The first-order valence-corrected chi connectivity index (χ1v) is 8.66. The first kappa shape index (κ1) is 17.0. The highest BCUT2D eigenvalue weighted by Gasteiger charge is 2.06. The van der Waals surface area contributed by atoms with Crippen LogP contribution in [-0.4, -0.2) is 24.6 Å². The number of benzene rings is 2. The average Bonchev–Trinajstić information content (AvgIpc) is 3.03. The Hall–Kier alpha value is -2.86. The van der Waals surface area contributed by atoms with Crippen molar-refractivity contribution in [3.05, 3.63) is 54.1 Å². The van der Waals surface area contributed by atoms with E-state index >= 15 is 0 Å². The van der Waals surface area contributed by atoms with Crippen molar-refractivity contribution in [1.82, 2.24) is 4.98 Å². The van der Waals surface area contributed by atoms with E-state index in [0.29, 0.717) is 23.2 Å². The molecule has 1 amide bonds. The summed E-state index contributed by atoms with van der Waals surface area (Å²) in [5.74, 6) is 1.09. The summed E-state index contributed by atoms with van der Waals surface area (Å²) < 4.78 is 11.8. The molecule has 5 nitrogen and oxygen atoms in total. The molecule has 1 N–H and O–H groups in total. The van der Waals surface area contributed by atoms with Gasteiger partial charge in [0, 0.05) is 6.08 Å². The number of para-hydroxylation sites is 1. The van der Waals surface area contributed by atoms with Crippen LogP contribution in [0.1, 0.15) is 12.5 Å². The maximum atomic E-state index is 12.1. The molecule has 0 atom stereocenters. The van der Waals surface area contributed by atoms with Crippen LogP contribution in [0.3, 0.4) is 0 Å². The highest BCUT2D eigenvalue weighted by atomic mass is 32.1. The third-order valence-corrected chi connectivity index (χ3v) is 4.39. The van der Waals surface area contributed by atoms with Gasteiger partial charge in [-0.15, -0.1) is 0 Å². The number of hydrogen-bond acceptors (Lipinski definition) is 5. The second kappa shape index (κ2) is 7.81. The number of carbonyl (C=O) groups is 1. The number of methoxy groups -OCH3 is 1. The molecule has 2 aromatic carbocycles. The van der Waals surface area contributed by atoms with Gasteiger partial charge in [-0.3, -0.25) is 10.1 Å². The molecule has 25 heavy (non-hydrogen) atoms. The Morgan fingerprint density at radius 2 is 2.08 bits per heavy atom. The number of ether oxygens (including phenoxy) is 2. The number of anilines is 1. The van der Waals surface area contributed by atoms with Gasteiger partial charge < -0.3 is 9.47 Å². The van der Waals surface area contributed by atoms with Gasteiger partial charge in [0.1, 0.15) is 0 Å². The molecule has 0 aliphatic rings. The van der Waals surface area contributed by atoms with Crippen molar-refractivity contribution < 1.29 is 14.3 Å². The monoisotopic (exact) mass is 354 g/mol. The van der Waals surface area contributed by atoms with Crippen LogP contribution in [0.25, 0.3) is 16.3 Å². The smallest absolute Gasteiger partial charge is 0.250 e. The summed E-state index contributed by atoms with van der Waals surface area (Å²) in [4.78, 5) is 16.5. The third kappa shape index (κ3) is 4.16. The summed E-state index contributed by atoms with van der Waals surface area (Å²) in [6, 6.07) is 13.3. The lowest BCUT2D eigenvalue weighted by molar-refractivity contribution is -0.111. The Morgan fingerprint density at radius 1 is 1.24 bits per heavy atom. The molecule has 0 unspecified atom stereocenters. The van der Waals surface area contributed by atoms with Crippen LogP contribution in [0, 0.1) is 0 Å². The molecule has 1 aromatic heterocycles. The van der Waals surface area contributed by atoms with E-state index in [0.717, 1.165) is 15.8 Å². The molecular weight excluding hydrogens is 336 g/mol. The first-order chi connectivity index (χ1) is 12.2. The topological polar surface area (TPSA) is 60.5 Å². The molecule has 0 fully saturated rings. The predicted molar refractivity (Wildman–Crippen MR) is 101 cm³/mol. The molecular formula is C19H18N2O3S. The largest absolute Gasteiger partial charge is 0.493 e. The number of hydrogen-bond donors (Lipinski definition) is 1. The standard InChI is InChI=1S/C19H18N2O3S/c1-3-24-15-10-8-13(12-16(15)23-2)9-11-18(22)21-19-20-14-6-4-5-7-17(14)25-19/h4-12H,3H2,1-2H3,(H,20,21,22)/b11-9+. The number of amides is 1. The van der Waals surface area contributed by atoms with Crippen LogP contribution in [0.4, 0.5) is 5.13 Å². The van der Waals surface area contributed by atoms with E-state index in [-0.39, 0.29) is 5.91 Å². The van der Waals surface area contributed by atoms with Crippen molar-refractivity contribution in [2.45, 2.75) is 6.92 Å². The predicted octanol–water partition coefficient (Wildman–Crippen LogP) is 4.36. The van der Waals surface area contributed by atoms with E-state index in [2.05, 4.69) is 10.3 Å². The van der Waals surface area contributed by atoms with Gasteiger partial charge in [0.05, 0.1) is 23.9 Å². The number of nitrogens with zero attached hydrogens (tertiary/aromatic N) is 1. The van der Waals surface area contributed by atoms with E-state index in [1.54, 1.807) is 13.2 Å². The first-order valence-electron chi connectivity index (χ1n) is 7.85. The van der Waals surface area contributed by atoms with Gasteiger partial charge in [-0.25, -0.2) is 4.98 Å². The summed E-state index contributed by atoms with van der Waals surface area (Å²) in [6.07, 6.45) is 3.20. The SMILES string of the molecule is CCOc1ccc(/C=C/C(=O)Nc2nc3ccccc3s2)cc1OC. The lowest BCUT2D eigenvalue weighted by Crippen LogP contribution is -2.07. The minimum Gasteiger partial charge on any atom is -0.493 e. The molecule has 6 heteroatoms. The highest BCUT2D eigenvalue weighted by molar-refractivity contribution is 7.22. The molecule has 1 heterocycles. The highest BCUT2D eigenvalue weighted by Crippen LogP contribution is 2.28. The molecule has 0 radical (unpaired) electrons. The van der Waals surface area contributed by atoms with E-state index in [9.17, 15) is 4.79 Å². The van der Waals surface area contributed by atoms with Gasteiger partial charge in [0.15, 0.2) is 16.6 Å². The van der Waals surface area contributed by atoms with E-state index in [1.165, 1.54) is 17.4 Å². The van der Waals surface area contributed by atoms with Crippen LogP contribution in [0.5, 0.6) is 11.5 Å². The maximum Gasteiger partial charge on any atom is 0.250 e. The van der Waals surface area contributed by atoms with Crippen molar-refractivity contribution in [2.24, 2.45) is 0 Å². The Balaban J connectivity index is 1.69. The Bertz CT molecular complexity index is 885. The zero-order valence-corrected chi connectivity index (χ0v) is 14.8. The van der Waals surface area contributed by atoms with Crippen molar-refractivity contribution in [3.63, 3.8) is 0 Å². The number of fused-ring (bicyclic) bond motifs is 1. The van der Waals surface area contributed by atoms with Gasteiger partial charge in [-0.05, 0) is 42.8 Å². The number of thiazole rings is 1. The lowest BCUT2D eigenvalue weighted by atomic mass is 10.2. The number of carbonyl (C=O) groups excluding carboxylic acids is 1. The summed E-state index contributed by atoms with van der Waals surface area (Å²) in [6.45, 7) is 2.48. The van der Waals surface area contributed by atoms with E-state index in [1.807, 2.05) is 49.4 Å². The fourth-order valence-corrected chi connectivity index (χ4v) is 3.18. The van der Waals surface area contributed by atoms with Gasteiger partial charge >= 0.3 is 0 Å². The average molecular weight is 354 g/mol. The Kier molecular flexibility index (Phi) is 5.30. The molecule has 0 aliphatic heterocycles. The van der Waals surface area contributed by atoms with Gasteiger partial charge in [0.2, 0.25) is 5.91 Å². The molecule has 0 saturated carbocycles. The van der Waals surface area contributed by atoms with Gasteiger partial charge in [-0.2, -0.15) is 0 Å². The Labute approximate surface area is 149 Å². The molecule has 0 spiro atoms. The lowest BCUT2D eigenvalue weighted by Gasteiger charge is -2.09. The molecule has 3 rings (SSSR count). The normalized spacial score (nSPS) is 11.0. The van der Waals surface area contributed by atoms with Crippen molar-refractivity contribution in [3.8, 4) is 11.5 Å². The van der Waals surface area contributed by atoms with E-state index < -0.39 is 0 Å². The fourth-order valence-electron chi connectivity index (χ4n) is 2.31. The van der Waals surface area contributed by atoms with Crippen LogP contribution in [-0.2, 0) is 4.79 Å². The zero-order chi connectivity index (χ0) is 17.6. The van der Waals surface area contributed by atoms with Gasteiger partial charge in [0.25, 0.3) is 0 Å². The second-order valence-electron chi connectivity index (χ2n) is 5.15. The van der Waals surface area contributed by atoms with Crippen molar-refractivity contribution in [2.75, 3.05) is 19.0 Å². The van der Waals surface area contributed by atoms with Crippen LogP contribution < -0.4 is 14.8 Å². The van der Waals surface area contributed by atoms with Crippen LogP contribution >= 0.6 is 11.3 Å². The van der Waals surface area contributed by atoms with Crippen LogP contribution in [0.2, 0.25) is 0 Å². The zero-order valence-electron chi connectivity index (χ0n) is 14.0. The van der Waals surface area contributed by atoms with Crippen molar-refractivity contribution >= 4 is 38.7 Å². The summed E-state index contributed by atoms with van der Waals surface area (Å²) >= 11 is 1.45. The summed E-state index contributed by atoms with van der Waals surface area (Å²) in [7, 11) is 1.59. The fraction of sp³-hybridized carbons (Fsp3) is 0.158. The summed E-state index contributed by atoms with van der Waals surface area (Å²) in [5.41, 5.74) is 1.72. The van der Waals surface area contributed by atoms with E-state index in [4.69, 9.17) is 9.47 Å².